The molecule has 6 nitrogen and oxygen atoms in total. The Morgan fingerprint density at radius 2 is 1.97 bits per heavy atom. The Labute approximate surface area is 201 Å². The van der Waals surface area contributed by atoms with Crippen molar-refractivity contribution in [2.75, 3.05) is 40.0 Å². The van der Waals surface area contributed by atoms with Gasteiger partial charge in [0.05, 0.1) is 12.6 Å². The molecule has 0 aliphatic carbocycles. The number of aryl methyl sites for hydroxylation is 1. The minimum Gasteiger partial charge on any atom is -0.491 e. The molecule has 33 heavy (non-hydrogen) atoms. The minimum absolute atomic E-state index is 0.0233. The average Bonchev–Trinajstić information content (AvgIpc) is 3.26. The molecular weight excluding hydrogens is 436 g/mol. The summed E-state index contributed by atoms with van der Waals surface area (Å²) in [6, 6.07) is 9.90. The summed E-state index contributed by atoms with van der Waals surface area (Å²) in [5.41, 5.74) is 2.34. The van der Waals surface area contributed by atoms with Crippen LogP contribution in [0.5, 0.6) is 5.75 Å². The maximum Gasteiger partial charge on any atom is 0.242 e. The van der Waals surface area contributed by atoms with Crippen LogP contribution in [0.1, 0.15) is 48.7 Å². The van der Waals surface area contributed by atoms with Gasteiger partial charge in [0.15, 0.2) is 0 Å². The molecule has 0 radical (unpaired) electrons. The van der Waals surface area contributed by atoms with Gasteiger partial charge in [0.1, 0.15) is 12.4 Å². The van der Waals surface area contributed by atoms with Gasteiger partial charge in [0.25, 0.3) is 0 Å². The van der Waals surface area contributed by atoms with E-state index in [-0.39, 0.29) is 30.3 Å². The number of hydrogen-bond acceptors (Lipinski definition) is 5. The van der Waals surface area contributed by atoms with E-state index < -0.39 is 0 Å². The van der Waals surface area contributed by atoms with Crippen LogP contribution in [-0.4, -0.2) is 61.6 Å². The molecule has 7 heteroatoms. The fraction of sp³-hybridized carbons (Fsp3) is 0.538. The number of carbonyl (C=O) groups excluding carboxylic acids is 2. The van der Waals surface area contributed by atoms with Gasteiger partial charge in [-0.1, -0.05) is 31.5 Å². The lowest BCUT2D eigenvalue weighted by molar-refractivity contribution is -0.143. The number of carbonyl (C=O) groups is 2. The number of ether oxygens (including phenoxy) is 2. The van der Waals surface area contributed by atoms with Crippen LogP contribution in [0.3, 0.4) is 0 Å². The summed E-state index contributed by atoms with van der Waals surface area (Å²) in [7, 11) is 1.65. The molecule has 0 saturated carbocycles. The lowest BCUT2D eigenvalue weighted by atomic mass is 10.00. The zero-order chi connectivity index (χ0) is 23.8. The Morgan fingerprint density at radius 1 is 1.21 bits per heavy atom. The predicted molar refractivity (Wildman–Crippen MR) is 132 cm³/mol. The van der Waals surface area contributed by atoms with Gasteiger partial charge in [-0.15, -0.1) is 11.3 Å². The first-order chi connectivity index (χ1) is 15.9. The van der Waals surface area contributed by atoms with E-state index in [9.17, 15) is 9.59 Å². The van der Waals surface area contributed by atoms with Gasteiger partial charge >= 0.3 is 0 Å². The van der Waals surface area contributed by atoms with Crippen molar-refractivity contribution < 1.29 is 19.1 Å². The highest BCUT2D eigenvalue weighted by atomic mass is 32.1. The van der Waals surface area contributed by atoms with Crippen LogP contribution < -0.4 is 4.74 Å². The van der Waals surface area contributed by atoms with Crippen LogP contribution in [0.15, 0.2) is 35.7 Å². The van der Waals surface area contributed by atoms with Gasteiger partial charge in [-0.05, 0) is 54.8 Å². The van der Waals surface area contributed by atoms with Crippen molar-refractivity contribution in [2.24, 2.45) is 5.92 Å². The van der Waals surface area contributed by atoms with Gasteiger partial charge < -0.3 is 19.3 Å². The molecule has 1 aliphatic rings. The third-order valence-electron chi connectivity index (χ3n) is 5.88. The van der Waals surface area contributed by atoms with E-state index in [1.165, 1.54) is 10.4 Å². The van der Waals surface area contributed by atoms with E-state index >= 15 is 0 Å². The van der Waals surface area contributed by atoms with E-state index in [0.29, 0.717) is 39.1 Å². The fourth-order valence-electron chi connectivity index (χ4n) is 4.11. The van der Waals surface area contributed by atoms with E-state index in [2.05, 4.69) is 11.4 Å². The van der Waals surface area contributed by atoms with Crippen molar-refractivity contribution in [3.63, 3.8) is 0 Å². The van der Waals surface area contributed by atoms with Crippen molar-refractivity contribution in [1.82, 2.24) is 9.80 Å². The van der Waals surface area contributed by atoms with Gasteiger partial charge in [0, 0.05) is 38.1 Å². The number of benzene rings is 1. The van der Waals surface area contributed by atoms with Crippen molar-refractivity contribution in [1.29, 1.82) is 0 Å². The highest BCUT2D eigenvalue weighted by Gasteiger charge is 2.33. The largest absolute Gasteiger partial charge is 0.491 e. The Morgan fingerprint density at radius 3 is 2.67 bits per heavy atom. The summed E-state index contributed by atoms with van der Waals surface area (Å²) in [5, 5.41) is 2.08. The molecule has 0 bridgehead atoms. The van der Waals surface area contributed by atoms with Crippen LogP contribution in [0.2, 0.25) is 0 Å². The van der Waals surface area contributed by atoms with Crippen LogP contribution >= 0.6 is 11.3 Å². The van der Waals surface area contributed by atoms with Gasteiger partial charge in [-0.2, -0.15) is 0 Å². The number of methoxy groups -OCH3 is 1. The smallest absolute Gasteiger partial charge is 0.242 e. The Balaban J connectivity index is 1.73. The molecule has 0 saturated heterocycles. The third-order valence-corrected chi connectivity index (χ3v) is 6.88. The van der Waals surface area contributed by atoms with Gasteiger partial charge in [-0.25, -0.2) is 0 Å². The SMILES string of the molecule is COCCCN(CC(=O)N1CCc2sccc2[C@H]1COc1ccc(C)cc1)C(=O)CC(C)C. The lowest BCUT2D eigenvalue weighted by Gasteiger charge is -2.37. The quantitative estimate of drug-likeness (QED) is 0.453. The van der Waals surface area contributed by atoms with E-state index in [1.807, 2.05) is 49.9 Å². The maximum absolute atomic E-state index is 13.5. The highest BCUT2D eigenvalue weighted by molar-refractivity contribution is 7.10. The molecule has 2 heterocycles. The summed E-state index contributed by atoms with van der Waals surface area (Å²) in [4.78, 5) is 31.2. The molecule has 0 fully saturated rings. The van der Waals surface area contributed by atoms with Crippen molar-refractivity contribution >= 4 is 23.2 Å². The van der Waals surface area contributed by atoms with E-state index in [0.717, 1.165) is 17.7 Å². The maximum atomic E-state index is 13.5. The molecule has 0 N–H and O–H groups in total. The predicted octanol–water partition coefficient (Wildman–Crippen LogP) is 4.47. The number of rotatable bonds is 11. The van der Waals surface area contributed by atoms with Crippen molar-refractivity contribution in [3.05, 3.63) is 51.7 Å². The highest BCUT2D eigenvalue weighted by Crippen LogP contribution is 2.34. The first kappa shape index (κ1) is 25.2. The third kappa shape index (κ3) is 7.05. The second kappa shape index (κ2) is 12.2. The average molecular weight is 473 g/mol. The van der Waals surface area contributed by atoms with Crippen LogP contribution in [0, 0.1) is 12.8 Å². The molecule has 2 aromatic rings. The van der Waals surface area contributed by atoms with E-state index in [4.69, 9.17) is 9.47 Å². The molecule has 0 spiro atoms. The Hall–Kier alpha value is -2.38. The topological polar surface area (TPSA) is 59.1 Å². The van der Waals surface area contributed by atoms with Crippen LogP contribution in [-0.2, 0) is 20.7 Å². The molecular formula is C26H36N2O4S. The molecule has 1 aromatic heterocycles. The number of fused-ring (bicyclic) bond motifs is 1. The molecule has 0 unspecified atom stereocenters. The Kier molecular flexibility index (Phi) is 9.32. The number of thiophene rings is 1. The summed E-state index contributed by atoms with van der Waals surface area (Å²) < 4.78 is 11.3. The molecule has 180 valence electrons. The van der Waals surface area contributed by atoms with Crippen LogP contribution in [0.4, 0.5) is 0 Å². The Bertz CT molecular complexity index is 909. The van der Waals surface area contributed by atoms with Gasteiger partial charge in [-0.3, -0.25) is 9.59 Å². The molecule has 2 amide bonds. The molecule has 1 aromatic carbocycles. The normalized spacial score (nSPS) is 15.4. The molecule has 1 aliphatic heterocycles. The first-order valence-electron chi connectivity index (χ1n) is 11.7. The van der Waals surface area contributed by atoms with Crippen LogP contribution in [0.25, 0.3) is 0 Å². The molecule has 1 atom stereocenters. The standard InChI is InChI=1S/C26H36N2O4S/c1-19(2)16-25(29)27(12-5-14-31-4)17-26(30)28-13-10-24-22(11-15-33-24)23(28)18-32-21-8-6-20(3)7-9-21/h6-9,11,15,19,23H,5,10,12-14,16-18H2,1-4H3/t23-/m1/s1. The van der Waals surface area contributed by atoms with Gasteiger partial charge in [0.2, 0.25) is 11.8 Å². The summed E-state index contributed by atoms with van der Waals surface area (Å²) >= 11 is 1.73. The fourth-order valence-corrected chi connectivity index (χ4v) is 5.04. The monoisotopic (exact) mass is 472 g/mol. The summed E-state index contributed by atoms with van der Waals surface area (Å²) in [6.07, 6.45) is 1.99. The van der Waals surface area contributed by atoms with Crippen molar-refractivity contribution in [3.8, 4) is 5.75 Å². The number of hydrogen-bond donors (Lipinski definition) is 0. The second-order valence-corrected chi connectivity index (χ2v) is 10.0. The zero-order valence-electron chi connectivity index (χ0n) is 20.2. The zero-order valence-corrected chi connectivity index (χ0v) is 21.0. The minimum atomic E-state index is -0.158. The summed E-state index contributed by atoms with van der Waals surface area (Å²) in [5.74, 6) is 1.04. The first-order valence-corrected chi connectivity index (χ1v) is 12.6. The molecule has 3 rings (SSSR count). The second-order valence-electron chi connectivity index (χ2n) is 9.04. The van der Waals surface area contributed by atoms with Crippen molar-refractivity contribution in [2.45, 2.75) is 46.1 Å². The van der Waals surface area contributed by atoms with E-state index in [1.54, 1.807) is 23.3 Å². The summed E-state index contributed by atoms with van der Waals surface area (Å²) in [6.45, 7) is 8.29. The number of nitrogens with zero attached hydrogens (tertiary/aromatic N) is 2. The lowest BCUT2D eigenvalue weighted by Crippen LogP contribution is -2.48. The number of amides is 2.